The number of imidazole rings is 1. The molecule has 0 bridgehead atoms. The summed E-state index contributed by atoms with van der Waals surface area (Å²) in [7, 11) is 0. The van der Waals surface area contributed by atoms with Crippen molar-refractivity contribution in [1.29, 1.82) is 0 Å². The van der Waals surface area contributed by atoms with E-state index in [0.29, 0.717) is 11.2 Å². The molecule has 0 saturated carbocycles. The maximum Gasteiger partial charge on any atom is 0.355 e. The molecule has 100 valence electrons. The van der Waals surface area contributed by atoms with Crippen LogP contribution in [0.5, 0.6) is 0 Å². The summed E-state index contributed by atoms with van der Waals surface area (Å²) in [6.45, 7) is 1.90. The van der Waals surface area contributed by atoms with Crippen LogP contribution in [0.4, 0.5) is 4.39 Å². The van der Waals surface area contributed by atoms with Gasteiger partial charge in [-0.3, -0.25) is 4.40 Å². The second-order valence-corrected chi connectivity index (χ2v) is 4.56. The molecule has 0 fully saturated rings. The fourth-order valence-corrected chi connectivity index (χ4v) is 2.19. The van der Waals surface area contributed by atoms with Crippen molar-refractivity contribution in [2.45, 2.75) is 6.92 Å². The van der Waals surface area contributed by atoms with Gasteiger partial charge in [-0.15, -0.1) is 0 Å². The van der Waals surface area contributed by atoms with Crippen LogP contribution < -0.4 is 0 Å². The Kier molecular flexibility index (Phi) is 2.75. The highest BCUT2D eigenvalue weighted by Crippen LogP contribution is 2.25. The molecule has 2 heterocycles. The van der Waals surface area contributed by atoms with Crippen molar-refractivity contribution in [2.75, 3.05) is 0 Å². The molecule has 1 aromatic carbocycles. The van der Waals surface area contributed by atoms with Crippen LogP contribution in [-0.4, -0.2) is 20.5 Å². The first-order valence-corrected chi connectivity index (χ1v) is 6.04. The Morgan fingerprint density at radius 1 is 1.30 bits per heavy atom. The fraction of sp³-hybridized carbons (Fsp3) is 0.0667. The molecule has 0 saturated heterocycles. The number of benzene rings is 1. The lowest BCUT2D eigenvalue weighted by Crippen LogP contribution is -2.03. The first-order valence-electron chi connectivity index (χ1n) is 6.04. The molecule has 0 atom stereocenters. The van der Waals surface area contributed by atoms with Crippen LogP contribution in [-0.2, 0) is 0 Å². The van der Waals surface area contributed by atoms with Crippen molar-refractivity contribution in [1.82, 2.24) is 9.38 Å². The Bertz CT molecular complexity index is 824. The lowest BCUT2D eigenvalue weighted by atomic mass is 10.1. The average molecular weight is 270 g/mol. The second kappa shape index (κ2) is 4.45. The molecule has 0 aliphatic heterocycles. The topological polar surface area (TPSA) is 54.6 Å². The summed E-state index contributed by atoms with van der Waals surface area (Å²) in [6, 6.07) is 9.35. The van der Waals surface area contributed by atoms with Crippen molar-refractivity contribution in [2.24, 2.45) is 0 Å². The van der Waals surface area contributed by atoms with Gasteiger partial charge in [-0.1, -0.05) is 12.1 Å². The van der Waals surface area contributed by atoms with E-state index in [2.05, 4.69) is 4.98 Å². The lowest BCUT2D eigenvalue weighted by molar-refractivity contribution is 0.0690. The van der Waals surface area contributed by atoms with E-state index in [9.17, 15) is 14.3 Å². The summed E-state index contributed by atoms with van der Waals surface area (Å²) in [5.74, 6) is -1.52. The Morgan fingerprint density at radius 3 is 2.80 bits per heavy atom. The number of carboxylic acid groups (broad SMARTS) is 1. The summed E-state index contributed by atoms with van der Waals surface area (Å²) < 4.78 is 14.8. The molecule has 5 heteroatoms. The zero-order chi connectivity index (χ0) is 14.3. The number of aryl methyl sites for hydroxylation is 1. The SMILES string of the molecule is Cc1ccn2c(C(=O)O)c(-c3cccc(F)c3)nc2c1. The number of carboxylic acids is 1. The van der Waals surface area contributed by atoms with Crippen molar-refractivity contribution in [3.63, 3.8) is 0 Å². The number of carbonyl (C=O) groups is 1. The van der Waals surface area contributed by atoms with Gasteiger partial charge in [-0.2, -0.15) is 0 Å². The normalized spacial score (nSPS) is 10.9. The summed E-state index contributed by atoms with van der Waals surface area (Å²) in [6.07, 6.45) is 1.66. The van der Waals surface area contributed by atoms with Crippen molar-refractivity contribution >= 4 is 11.6 Å². The Morgan fingerprint density at radius 2 is 2.10 bits per heavy atom. The molecular weight excluding hydrogens is 259 g/mol. The monoisotopic (exact) mass is 270 g/mol. The minimum atomic E-state index is -1.10. The van der Waals surface area contributed by atoms with E-state index in [-0.39, 0.29) is 11.4 Å². The summed E-state index contributed by atoms with van der Waals surface area (Å²) >= 11 is 0. The van der Waals surface area contributed by atoms with E-state index in [4.69, 9.17) is 0 Å². The van der Waals surface area contributed by atoms with Gasteiger partial charge in [-0.25, -0.2) is 14.2 Å². The quantitative estimate of drug-likeness (QED) is 0.778. The highest BCUT2D eigenvalue weighted by molar-refractivity contribution is 5.94. The van der Waals surface area contributed by atoms with E-state index in [1.807, 2.05) is 6.92 Å². The number of halogens is 1. The first-order chi connectivity index (χ1) is 9.56. The van der Waals surface area contributed by atoms with Crippen LogP contribution in [0, 0.1) is 12.7 Å². The first kappa shape index (κ1) is 12.3. The zero-order valence-electron chi connectivity index (χ0n) is 10.7. The number of nitrogens with zero attached hydrogens (tertiary/aromatic N) is 2. The number of hydrogen-bond acceptors (Lipinski definition) is 2. The summed E-state index contributed by atoms with van der Waals surface area (Å²) in [5, 5.41) is 9.40. The Labute approximate surface area is 114 Å². The summed E-state index contributed by atoms with van der Waals surface area (Å²) in [4.78, 5) is 15.8. The van der Waals surface area contributed by atoms with Gasteiger partial charge in [0.2, 0.25) is 0 Å². The van der Waals surface area contributed by atoms with Crippen LogP contribution in [0.3, 0.4) is 0 Å². The van der Waals surface area contributed by atoms with Gasteiger partial charge in [0.05, 0.1) is 0 Å². The molecule has 2 aromatic heterocycles. The molecule has 0 radical (unpaired) electrons. The van der Waals surface area contributed by atoms with E-state index >= 15 is 0 Å². The third-order valence-electron chi connectivity index (χ3n) is 3.08. The minimum Gasteiger partial charge on any atom is -0.476 e. The molecular formula is C15H11FN2O2. The molecule has 0 aliphatic carbocycles. The highest BCUT2D eigenvalue weighted by Gasteiger charge is 2.20. The molecule has 3 rings (SSSR count). The molecule has 0 unspecified atom stereocenters. The fourth-order valence-electron chi connectivity index (χ4n) is 2.19. The zero-order valence-corrected chi connectivity index (χ0v) is 10.7. The van der Waals surface area contributed by atoms with Crippen LogP contribution in [0.2, 0.25) is 0 Å². The van der Waals surface area contributed by atoms with Crippen LogP contribution >= 0.6 is 0 Å². The number of rotatable bonds is 2. The van der Waals surface area contributed by atoms with E-state index in [1.165, 1.54) is 22.6 Å². The van der Waals surface area contributed by atoms with Gasteiger partial charge in [0.15, 0.2) is 5.69 Å². The van der Waals surface area contributed by atoms with E-state index in [1.54, 1.807) is 24.4 Å². The second-order valence-electron chi connectivity index (χ2n) is 4.56. The number of fused-ring (bicyclic) bond motifs is 1. The molecule has 20 heavy (non-hydrogen) atoms. The van der Waals surface area contributed by atoms with Gasteiger partial charge >= 0.3 is 5.97 Å². The van der Waals surface area contributed by atoms with Crippen molar-refractivity contribution < 1.29 is 14.3 Å². The van der Waals surface area contributed by atoms with Gasteiger partial charge in [-0.05, 0) is 36.8 Å². The maximum atomic E-state index is 13.3. The Hall–Kier alpha value is -2.69. The minimum absolute atomic E-state index is 0.0330. The van der Waals surface area contributed by atoms with Crippen molar-refractivity contribution in [3.05, 3.63) is 59.7 Å². The van der Waals surface area contributed by atoms with Crippen LogP contribution in [0.25, 0.3) is 16.9 Å². The Balaban J connectivity index is 2.35. The predicted molar refractivity (Wildman–Crippen MR) is 72.3 cm³/mol. The van der Waals surface area contributed by atoms with Gasteiger partial charge in [0.25, 0.3) is 0 Å². The molecule has 4 nitrogen and oxygen atoms in total. The molecule has 3 aromatic rings. The standard InChI is InChI=1S/C15H11FN2O2/c1-9-5-6-18-12(7-9)17-13(14(18)15(19)20)10-3-2-4-11(16)8-10/h2-8H,1H3,(H,19,20). The van der Waals surface area contributed by atoms with Gasteiger partial charge in [0, 0.05) is 11.8 Å². The number of aromatic nitrogens is 2. The van der Waals surface area contributed by atoms with Crippen LogP contribution in [0.1, 0.15) is 16.1 Å². The number of hydrogen-bond donors (Lipinski definition) is 1. The van der Waals surface area contributed by atoms with E-state index in [0.717, 1.165) is 5.56 Å². The number of aromatic carboxylic acids is 1. The largest absolute Gasteiger partial charge is 0.476 e. The van der Waals surface area contributed by atoms with Gasteiger partial charge in [0.1, 0.15) is 17.2 Å². The van der Waals surface area contributed by atoms with E-state index < -0.39 is 11.8 Å². The smallest absolute Gasteiger partial charge is 0.355 e. The molecule has 1 N–H and O–H groups in total. The predicted octanol–water partition coefficient (Wildman–Crippen LogP) is 3.15. The average Bonchev–Trinajstić information content (AvgIpc) is 2.77. The molecule has 0 aliphatic rings. The summed E-state index contributed by atoms with van der Waals surface area (Å²) in [5.41, 5.74) is 2.25. The highest BCUT2D eigenvalue weighted by atomic mass is 19.1. The molecule has 0 amide bonds. The van der Waals surface area contributed by atoms with Gasteiger partial charge < -0.3 is 5.11 Å². The third-order valence-corrected chi connectivity index (χ3v) is 3.08. The maximum absolute atomic E-state index is 13.3. The third kappa shape index (κ3) is 1.93. The van der Waals surface area contributed by atoms with Crippen molar-refractivity contribution in [3.8, 4) is 11.3 Å². The molecule has 0 spiro atoms. The number of pyridine rings is 1. The lowest BCUT2D eigenvalue weighted by Gasteiger charge is -2.01. The van der Waals surface area contributed by atoms with Crippen LogP contribution in [0.15, 0.2) is 42.6 Å².